The second-order valence-electron chi connectivity index (χ2n) is 6.87. The van der Waals surface area contributed by atoms with Crippen molar-refractivity contribution < 1.29 is 0 Å². The van der Waals surface area contributed by atoms with Gasteiger partial charge in [-0.3, -0.25) is 15.2 Å². The molecule has 0 saturated heterocycles. The highest BCUT2D eigenvalue weighted by Gasteiger charge is 2.15. The maximum absolute atomic E-state index is 4.57. The van der Waals surface area contributed by atoms with Crippen LogP contribution in [0.2, 0.25) is 0 Å². The molecule has 0 aliphatic carbocycles. The summed E-state index contributed by atoms with van der Waals surface area (Å²) in [7, 11) is 0. The molecule has 0 fully saturated rings. The van der Waals surface area contributed by atoms with E-state index in [0.717, 1.165) is 55.6 Å². The van der Waals surface area contributed by atoms with Crippen LogP contribution in [0.4, 0.5) is 0 Å². The minimum absolute atomic E-state index is 0.823. The first-order chi connectivity index (χ1) is 14.4. The summed E-state index contributed by atoms with van der Waals surface area (Å²) in [4.78, 5) is 12.2. The molecule has 0 atom stereocenters. The summed E-state index contributed by atoms with van der Waals surface area (Å²) in [6.07, 6.45) is 9.15. The molecule has 7 heteroatoms. The maximum atomic E-state index is 4.57. The van der Waals surface area contributed by atoms with Gasteiger partial charge in [0, 0.05) is 46.7 Å². The number of nitrogens with zero attached hydrogens (tertiary/aromatic N) is 4. The Bertz CT molecular complexity index is 1440. The zero-order chi connectivity index (χ0) is 19.2. The third-order valence-electron chi connectivity index (χ3n) is 5.15. The first-order valence-corrected chi connectivity index (χ1v) is 9.22. The van der Waals surface area contributed by atoms with Gasteiger partial charge in [-0.25, -0.2) is 4.98 Å². The van der Waals surface area contributed by atoms with Crippen LogP contribution in [0.1, 0.15) is 0 Å². The highest BCUT2D eigenvalue weighted by molar-refractivity contribution is 6.00. The van der Waals surface area contributed by atoms with Gasteiger partial charge in [0.1, 0.15) is 11.3 Å². The third kappa shape index (κ3) is 2.52. The van der Waals surface area contributed by atoms with Gasteiger partial charge in [-0.15, -0.1) is 0 Å². The Labute approximate surface area is 164 Å². The molecule has 0 amide bonds. The van der Waals surface area contributed by atoms with Crippen LogP contribution >= 0.6 is 0 Å². The van der Waals surface area contributed by atoms with E-state index in [1.165, 1.54) is 0 Å². The zero-order valence-electron chi connectivity index (χ0n) is 15.2. The lowest BCUT2D eigenvalue weighted by Crippen LogP contribution is -1.82. The molecule has 0 unspecified atom stereocenters. The van der Waals surface area contributed by atoms with Gasteiger partial charge in [-0.05, 0) is 41.5 Å². The average molecular weight is 377 g/mol. The molecule has 3 N–H and O–H groups in total. The van der Waals surface area contributed by atoms with Crippen molar-refractivity contribution in [1.29, 1.82) is 0 Å². The molecule has 0 saturated carbocycles. The Hall–Kier alpha value is -4.26. The van der Waals surface area contributed by atoms with Gasteiger partial charge >= 0.3 is 0 Å². The highest BCUT2D eigenvalue weighted by atomic mass is 15.1. The Balaban J connectivity index is 1.54. The number of aromatic nitrogens is 7. The molecular formula is C22H15N7. The molecule has 1 aromatic carbocycles. The van der Waals surface area contributed by atoms with Crippen molar-refractivity contribution in [3.8, 4) is 33.6 Å². The molecule has 5 aromatic heterocycles. The van der Waals surface area contributed by atoms with Crippen LogP contribution in [-0.4, -0.2) is 35.3 Å². The van der Waals surface area contributed by atoms with Gasteiger partial charge < -0.3 is 4.98 Å². The minimum Gasteiger partial charge on any atom is -0.338 e. The smallest absolute Gasteiger partial charge is 0.138 e. The van der Waals surface area contributed by atoms with Crippen LogP contribution in [0, 0.1) is 0 Å². The summed E-state index contributed by atoms with van der Waals surface area (Å²) in [6.45, 7) is 0. The molecular weight excluding hydrogens is 362 g/mol. The number of pyridine rings is 2. The van der Waals surface area contributed by atoms with Crippen molar-refractivity contribution in [2.45, 2.75) is 0 Å². The molecule has 0 spiro atoms. The molecule has 0 bridgehead atoms. The molecule has 5 heterocycles. The van der Waals surface area contributed by atoms with Gasteiger partial charge in [0.2, 0.25) is 0 Å². The van der Waals surface area contributed by atoms with Gasteiger partial charge in [0.25, 0.3) is 0 Å². The van der Waals surface area contributed by atoms with Crippen LogP contribution in [0.5, 0.6) is 0 Å². The average Bonchev–Trinajstić information content (AvgIpc) is 3.52. The number of fused-ring (bicyclic) bond motifs is 2. The largest absolute Gasteiger partial charge is 0.338 e. The molecule has 6 aromatic rings. The Morgan fingerprint density at radius 1 is 0.828 bits per heavy atom. The first-order valence-electron chi connectivity index (χ1n) is 9.22. The quantitative estimate of drug-likeness (QED) is 0.421. The molecule has 0 aliphatic rings. The summed E-state index contributed by atoms with van der Waals surface area (Å²) in [5, 5.41) is 16.7. The number of H-pyrrole nitrogens is 3. The summed E-state index contributed by atoms with van der Waals surface area (Å²) in [5.41, 5.74) is 7.84. The molecule has 0 aliphatic heterocycles. The van der Waals surface area contributed by atoms with Crippen molar-refractivity contribution >= 4 is 21.9 Å². The Kier molecular flexibility index (Phi) is 3.33. The fourth-order valence-corrected chi connectivity index (χ4v) is 3.74. The van der Waals surface area contributed by atoms with Crippen LogP contribution < -0.4 is 0 Å². The second-order valence-corrected chi connectivity index (χ2v) is 6.87. The molecule has 7 nitrogen and oxygen atoms in total. The normalized spacial score (nSPS) is 11.4. The number of hydrogen-bond donors (Lipinski definition) is 3. The second kappa shape index (κ2) is 6.13. The predicted octanol–water partition coefficient (Wildman–Crippen LogP) is 4.56. The summed E-state index contributed by atoms with van der Waals surface area (Å²) in [5.74, 6) is 0. The molecule has 138 valence electrons. The molecule has 29 heavy (non-hydrogen) atoms. The van der Waals surface area contributed by atoms with Crippen molar-refractivity contribution in [1.82, 2.24) is 35.3 Å². The monoisotopic (exact) mass is 377 g/mol. The van der Waals surface area contributed by atoms with Gasteiger partial charge in [0.05, 0.1) is 17.4 Å². The van der Waals surface area contributed by atoms with Crippen LogP contribution in [-0.2, 0) is 0 Å². The number of benzene rings is 1. The van der Waals surface area contributed by atoms with E-state index in [-0.39, 0.29) is 0 Å². The van der Waals surface area contributed by atoms with E-state index < -0.39 is 0 Å². The van der Waals surface area contributed by atoms with E-state index in [2.05, 4.69) is 59.6 Å². The number of hydrogen-bond acceptors (Lipinski definition) is 4. The number of rotatable bonds is 3. The van der Waals surface area contributed by atoms with Crippen LogP contribution in [0.25, 0.3) is 55.6 Å². The van der Waals surface area contributed by atoms with E-state index in [1.54, 1.807) is 6.20 Å². The minimum atomic E-state index is 0.823. The van der Waals surface area contributed by atoms with Gasteiger partial charge in [-0.2, -0.15) is 10.2 Å². The van der Waals surface area contributed by atoms with E-state index in [9.17, 15) is 0 Å². The number of nitrogens with one attached hydrogen (secondary N) is 3. The Morgan fingerprint density at radius 3 is 2.69 bits per heavy atom. The van der Waals surface area contributed by atoms with Crippen molar-refractivity contribution in [3.63, 3.8) is 0 Å². The van der Waals surface area contributed by atoms with Gasteiger partial charge in [-0.1, -0.05) is 12.1 Å². The van der Waals surface area contributed by atoms with Crippen LogP contribution in [0.15, 0.2) is 73.4 Å². The van der Waals surface area contributed by atoms with E-state index in [0.29, 0.717) is 0 Å². The summed E-state index contributed by atoms with van der Waals surface area (Å²) >= 11 is 0. The lowest BCUT2D eigenvalue weighted by atomic mass is 10.0. The SMILES string of the molecule is c1cncc(-c2ccnc3[nH]c(-c4n[nH]c5ccc(-c6cn[nH]c6)cc45)cc23)c1. The van der Waals surface area contributed by atoms with Gasteiger partial charge in [0.15, 0.2) is 0 Å². The molecule has 6 rings (SSSR count). The fourth-order valence-electron chi connectivity index (χ4n) is 3.74. The highest BCUT2D eigenvalue weighted by Crippen LogP contribution is 2.34. The first kappa shape index (κ1) is 15.8. The Morgan fingerprint density at radius 2 is 1.83 bits per heavy atom. The topological polar surface area (TPSA) is 98.9 Å². The number of aromatic amines is 3. The van der Waals surface area contributed by atoms with Crippen molar-refractivity contribution in [2.24, 2.45) is 0 Å². The lowest BCUT2D eigenvalue weighted by molar-refractivity contribution is 1.09. The third-order valence-corrected chi connectivity index (χ3v) is 5.15. The molecule has 0 radical (unpaired) electrons. The van der Waals surface area contributed by atoms with E-state index >= 15 is 0 Å². The van der Waals surface area contributed by atoms with E-state index in [1.807, 2.05) is 43.0 Å². The summed E-state index contributed by atoms with van der Waals surface area (Å²) in [6, 6.07) is 14.3. The van der Waals surface area contributed by atoms with Crippen LogP contribution in [0.3, 0.4) is 0 Å². The van der Waals surface area contributed by atoms with Crippen molar-refractivity contribution in [3.05, 3.63) is 73.4 Å². The lowest BCUT2D eigenvalue weighted by Gasteiger charge is -2.01. The summed E-state index contributed by atoms with van der Waals surface area (Å²) < 4.78 is 0. The zero-order valence-corrected chi connectivity index (χ0v) is 15.2. The van der Waals surface area contributed by atoms with E-state index in [4.69, 9.17) is 0 Å². The van der Waals surface area contributed by atoms with Crippen molar-refractivity contribution in [2.75, 3.05) is 0 Å². The fraction of sp³-hybridized carbons (Fsp3) is 0. The standard InChI is InChI=1S/C22H15N7/c1-2-14(10-23-6-1)16-5-7-24-22-17(16)9-20(27-22)21-18-8-13(15-11-25-26-12-15)3-4-19(18)28-29-21/h1-12H,(H,24,27)(H,25,26)(H,28,29). The predicted molar refractivity (Wildman–Crippen MR) is 112 cm³/mol. The maximum Gasteiger partial charge on any atom is 0.138 e.